The molecule has 104 valence electrons. The van der Waals surface area contributed by atoms with Crippen molar-refractivity contribution in [2.75, 3.05) is 18.9 Å². The number of nitrogens with zero attached hydrogens (tertiary/aromatic N) is 3. The van der Waals surface area contributed by atoms with Crippen LogP contribution in [0.5, 0.6) is 0 Å². The molecule has 0 radical (unpaired) electrons. The Labute approximate surface area is 113 Å². The zero-order valence-electron chi connectivity index (χ0n) is 12.1. The van der Waals surface area contributed by atoms with Crippen molar-refractivity contribution in [2.24, 2.45) is 5.92 Å². The molecule has 19 heavy (non-hydrogen) atoms. The third kappa shape index (κ3) is 2.56. The number of rotatable bonds is 5. The summed E-state index contributed by atoms with van der Waals surface area (Å²) < 4.78 is 7.59. The van der Waals surface area contributed by atoms with Gasteiger partial charge < -0.3 is 10.5 Å². The standard InChI is InChI=1S/C14H22N4O/c1-5-19-8-11(9(2)3)18-13-12(17-14(18)15)10(4)6-7-16-13/h6-7,9,11H,5,8H2,1-4H3,(H2,15,17). The maximum absolute atomic E-state index is 6.09. The summed E-state index contributed by atoms with van der Waals surface area (Å²) in [6.07, 6.45) is 1.80. The molecule has 2 rings (SSSR count). The molecule has 1 atom stereocenters. The van der Waals surface area contributed by atoms with Crippen LogP contribution < -0.4 is 5.73 Å². The number of nitrogens with two attached hydrogens (primary N) is 1. The fourth-order valence-corrected chi connectivity index (χ4v) is 2.26. The fourth-order valence-electron chi connectivity index (χ4n) is 2.26. The van der Waals surface area contributed by atoms with E-state index < -0.39 is 0 Å². The monoisotopic (exact) mass is 262 g/mol. The second-order valence-electron chi connectivity index (χ2n) is 5.11. The third-order valence-corrected chi connectivity index (χ3v) is 3.40. The molecule has 0 saturated heterocycles. The summed E-state index contributed by atoms with van der Waals surface area (Å²) in [6.45, 7) is 9.65. The second-order valence-corrected chi connectivity index (χ2v) is 5.11. The van der Waals surface area contributed by atoms with E-state index in [1.807, 2.05) is 24.5 Å². The molecule has 0 saturated carbocycles. The molecule has 0 aliphatic heterocycles. The molecule has 0 aromatic carbocycles. The molecule has 0 amide bonds. The molecule has 0 fully saturated rings. The molecule has 2 aromatic rings. The van der Waals surface area contributed by atoms with E-state index in [-0.39, 0.29) is 6.04 Å². The summed E-state index contributed by atoms with van der Waals surface area (Å²) in [5.41, 5.74) is 8.90. The van der Waals surface area contributed by atoms with Crippen LogP contribution in [-0.2, 0) is 4.74 Å². The average Bonchev–Trinajstić information content (AvgIpc) is 2.68. The Morgan fingerprint density at radius 3 is 2.79 bits per heavy atom. The molecule has 5 heteroatoms. The normalized spacial score (nSPS) is 13.3. The Morgan fingerprint density at radius 1 is 1.42 bits per heavy atom. The maximum atomic E-state index is 6.09. The van der Waals surface area contributed by atoms with E-state index in [0.717, 1.165) is 16.7 Å². The topological polar surface area (TPSA) is 66.0 Å². The SMILES string of the molecule is CCOCC(C(C)C)n1c(N)nc2c(C)ccnc21. The van der Waals surface area contributed by atoms with Crippen LogP contribution in [0.3, 0.4) is 0 Å². The quantitative estimate of drug-likeness (QED) is 0.899. The minimum Gasteiger partial charge on any atom is -0.380 e. The van der Waals surface area contributed by atoms with E-state index in [9.17, 15) is 0 Å². The predicted octanol–water partition coefficient (Wildman–Crippen LogP) is 2.56. The van der Waals surface area contributed by atoms with Crippen molar-refractivity contribution < 1.29 is 4.74 Å². The van der Waals surface area contributed by atoms with Crippen molar-refractivity contribution in [1.29, 1.82) is 0 Å². The number of imidazole rings is 1. The molecular formula is C14H22N4O. The van der Waals surface area contributed by atoms with Crippen LogP contribution in [0.1, 0.15) is 32.4 Å². The van der Waals surface area contributed by atoms with Gasteiger partial charge in [0.1, 0.15) is 5.52 Å². The van der Waals surface area contributed by atoms with Crippen LogP contribution in [0, 0.1) is 12.8 Å². The first-order valence-corrected chi connectivity index (χ1v) is 6.73. The molecule has 1 unspecified atom stereocenters. The van der Waals surface area contributed by atoms with Gasteiger partial charge in [-0.25, -0.2) is 9.97 Å². The summed E-state index contributed by atoms with van der Waals surface area (Å²) in [7, 11) is 0. The molecule has 0 spiro atoms. The number of hydrogen-bond acceptors (Lipinski definition) is 4. The summed E-state index contributed by atoms with van der Waals surface area (Å²) >= 11 is 0. The van der Waals surface area contributed by atoms with E-state index in [4.69, 9.17) is 10.5 Å². The van der Waals surface area contributed by atoms with Gasteiger partial charge in [0.2, 0.25) is 5.95 Å². The van der Waals surface area contributed by atoms with Gasteiger partial charge >= 0.3 is 0 Å². The van der Waals surface area contributed by atoms with E-state index in [1.165, 1.54) is 0 Å². The zero-order valence-corrected chi connectivity index (χ0v) is 12.1. The van der Waals surface area contributed by atoms with Crippen LogP contribution in [0.4, 0.5) is 5.95 Å². The Kier molecular flexibility index (Phi) is 4.04. The lowest BCUT2D eigenvalue weighted by Gasteiger charge is -2.23. The third-order valence-electron chi connectivity index (χ3n) is 3.40. The lowest BCUT2D eigenvalue weighted by Crippen LogP contribution is -2.22. The molecule has 0 aliphatic rings. The Morgan fingerprint density at radius 2 is 2.16 bits per heavy atom. The number of hydrogen-bond donors (Lipinski definition) is 1. The van der Waals surface area contributed by atoms with Crippen molar-refractivity contribution in [3.8, 4) is 0 Å². The largest absolute Gasteiger partial charge is 0.380 e. The van der Waals surface area contributed by atoms with Gasteiger partial charge in [-0.15, -0.1) is 0 Å². The van der Waals surface area contributed by atoms with Crippen molar-refractivity contribution in [2.45, 2.75) is 33.7 Å². The van der Waals surface area contributed by atoms with Crippen LogP contribution in [-0.4, -0.2) is 27.7 Å². The van der Waals surface area contributed by atoms with Crippen LogP contribution in [0.25, 0.3) is 11.2 Å². The van der Waals surface area contributed by atoms with Crippen molar-refractivity contribution in [1.82, 2.24) is 14.5 Å². The first kappa shape index (κ1) is 13.8. The highest BCUT2D eigenvalue weighted by molar-refractivity contribution is 5.77. The Balaban J connectivity index is 2.52. The highest BCUT2D eigenvalue weighted by Gasteiger charge is 2.22. The van der Waals surface area contributed by atoms with Crippen LogP contribution in [0.15, 0.2) is 12.3 Å². The minimum absolute atomic E-state index is 0.152. The van der Waals surface area contributed by atoms with Gasteiger partial charge in [-0.05, 0) is 31.4 Å². The van der Waals surface area contributed by atoms with Crippen molar-refractivity contribution >= 4 is 17.1 Å². The van der Waals surface area contributed by atoms with Crippen LogP contribution >= 0.6 is 0 Å². The zero-order chi connectivity index (χ0) is 14.0. The lowest BCUT2D eigenvalue weighted by molar-refractivity contribution is 0.0985. The number of ether oxygens (including phenoxy) is 1. The van der Waals surface area contributed by atoms with Crippen molar-refractivity contribution in [3.05, 3.63) is 17.8 Å². The maximum Gasteiger partial charge on any atom is 0.202 e. The number of aromatic nitrogens is 3. The van der Waals surface area contributed by atoms with E-state index >= 15 is 0 Å². The average molecular weight is 262 g/mol. The number of fused-ring (bicyclic) bond motifs is 1. The number of nitrogen functional groups attached to an aromatic ring is 1. The van der Waals surface area contributed by atoms with E-state index in [2.05, 4.69) is 23.8 Å². The predicted molar refractivity (Wildman–Crippen MR) is 77.0 cm³/mol. The van der Waals surface area contributed by atoms with Gasteiger partial charge in [0.05, 0.1) is 12.6 Å². The lowest BCUT2D eigenvalue weighted by atomic mass is 10.1. The highest BCUT2D eigenvalue weighted by atomic mass is 16.5. The van der Waals surface area contributed by atoms with Gasteiger partial charge in [-0.3, -0.25) is 4.57 Å². The number of pyridine rings is 1. The summed E-state index contributed by atoms with van der Waals surface area (Å²) in [5, 5.41) is 0. The number of anilines is 1. The molecule has 0 aliphatic carbocycles. The first-order chi connectivity index (χ1) is 9.06. The minimum atomic E-state index is 0.152. The highest BCUT2D eigenvalue weighted by Crippen LogP contribution is 2.27. The molecule has 2 aromatic heterocycles. The van der Waals surface area contributed by atoms with Crippen LogP contribution in [0.2, 0.25) is 0 Å². The molecule has 2 heterocycles. The van der Waals surface area contributed by atoms with E-state index in [0.29, 0.717) is 25.1 Å². The summed E-state index contributed by atoms with van der Waals surface area (Å²) in [6, 6.07) is 2.10. The van der Waals surface area contributed by atoms with Gasteiger partial charge in [0.15, 0.2) is 5.65 Å². The fraction of sp³-hybridized carbons (Fsp3) is 0.571. The Bertz CT molecular complexity index is 562. The molecule has 0 bridgehead atoms. The molecular weight excluding hydrogens is 240 g/mol. The van der Waals surface area contributed by atoms with Crippen molar-refractivity contribution in [3.63, 3.8) is 0 Å². The molecule has 5 nitrogen and oxygen atoms in total. The summed E-state index contributed by atoms with van der Waals surface area (Å²) in [4.78, 5) is 8.89. The first-order valence-electron chi connectivity index (χ1n) is 6.73. The van der Waals surface area contributed by atoms with E-state index in [1.54, 1.807) is 6.20 Å². The number of aryl methyl sites for hydroxylation is 1. The smallest absolute Gasteiger partial charge is 0.202 e. The van der Waals surface area contributed by atoms with Gasteiger partial charge in [0, 0.05) is 12.8 Å². The van der Waals surface area contributed by atoms with Gasteiger partial charge in [0.25, 0.3) is 0 Å². The molecule has 2 N–H and O–H groups in total. The van der Waals surface area contributed by atoms with Gasteiger partial charge in [-0.1, -0.05) is 13.8 Å². The van der Waals surface area contributed by atoms with Gasteiger partial charge in [-0.2, -0.15) is 0 Å². The Hall–Kier alpha value is -1.62. The summed E-state index contributed by atoms with van der Waals surface area (Å²) in [5.74, 6) is 0.906. The second kappa shape index (κ2) is 5.57.